The Morgan fingerprint density at radius 1 is 0.889 bits per heavy atom. The normalized spacial score (nSPS) is 11.2. The Labute approximate surface area is 160 Å². The van der Waals surface area contributed by atoms with Crippen LogP contribution in [0.4, 0.5) is 5.69 Å². The smallest absolute Gasteiger partial charge is 0.255 e. The van der Waals surface area contributed by atoms with Crippen LogP contribution in [-0.2, 0) is 10.0 Å². The van der Waals surface area contributed by atoms with Gasteiger partial charge >= 0.3 is 0 Å². The maximum atomic E-state index is 12.3. The largest absolute Gasteiger partial charge is 0.322 e. The molecule has 2 rings (SSSR count). The van der Waals surface area contributed by atoms with Gasteiger partial charge in [-0.25, -0.2) is 13.1 Å². The highest BCUT2D eigenvalue weighted by molar-refractivity contribution is 7.89. The molecule has 0 saturated heterocycles. The average molecular weight is 388 g/mol. The van der Waals surface area contributed by atoms with E-state index in [1.54, 1.807) is 24.3 Å². The first-order valence-corrected chi connectivity index (χ1v) is 10.3. The lowest BCUT2D eigenvalue weighted by Gasteiger charge is -2.08. The molecule has 0 radical (unpaired) electrons. The maximum Gasteiger partial charge on any atom is 0.255 e. The van der Waals surface area contributed by atoms with Crippen LogP contribution in [0.5, 0.6) is 0 Å². The average Bonchev–Trinajstić information content (AvgIpc) is 2.66. The molecule has 0 aliphatic carbocycles. The van der Waals surface area contributed by atoms with Gasteiger partial charge in [0.05, 0.1) is 4.90 Å². The quantitative estimate of drug-likeness (QED) is 0.507. The van der Waals surface area contributed by atoms with Crippen molar-refractivity contribution in [1.29, 1.82) is 0 Å². The van der Waals surface area contributed by atoms with E-state index in [0.29, 0.717) is 23.4 Å². The van der Waals surface area contributed by atoms with E-state index in [4.69, 9.17) is 0 Å². The molecule has 6 nitrogen and oxygen atoms in total. The highest BCUT2D eigenvalue weighted by atomic mass is 32.2. The molecule has 2 aromatic rings. The van der Waals surface area contributed by atoms with Crippen LogP contribution in [0.2, 0.25) is 0 Å². The molecule has 0 heterocycles. The number of rotatable bonds is 9. The van der Waals surface area contributed by atoms with Crippen molar-refractivity contribution < 1.29 is 18.0 Å². The summed E-state index contributed by atoms with van der Waals surface area (Å²) in [6.45, 7) is 3.92. The number of ketones is 1. The predicted molar refractivity (Wildman–Crippen MR) is 106 cm³/mol. The molecule has 0 spiro atoms. The van der Waals surface area contributed by atoms with Crippen molar-refractivity contribution in [3.8, 4) is 0 Å². The van der Waals surface area contributed by atoms with Gasteiger partial charge in [-0.2, -0.15) is 0 Å². The van der Waals surface area contributed by atoms with Crippen LogP contribution in [-0.4, -0.2) is 26.7 Å². The van der Waals surface area contributed by atoms with Crippen molar-refractivity contribution in [2.75, 3.05) is 11.9 Å². The Hall–Kier alpha value is -2.51. The minimum Gasteiger partial charge on any atom is -0.322 e. The minimum atomic E-state index is -3.57. The van der Waals surface area contributed by atoms with E-state index in [1.807, 2.05) is 0 Å². The van der Waals surface area contributed by atoms with Crippen LogP contribution < -0.4 is 10.0 Å². The van der Waals surface area contributed by atoms with Crippen molar-refractivity contribution in [1.82, 2.24) is 4.72 Å². The van der Waals surface area contributed by atoms with Crippen LogP contribution >= 0.6 is 0 Å². The van der Waals surface area contributed by atoms with Crippen LogP contribution in [0, 0.1) is 0 Å². The van der Waals surface area contributed by atoms with Gasteiger partial charge in [0.15, 0.2) is 5.78 Å². The molecule has 0 atom stereocenters. The molecule has 0 aliphatic rings. The molecule has 0 aromatic heterocycles. The van der Waals surface area contributed by atoms with Crippen LogP contribution in [0.25, 0.3) is 0 Å². The first-order valence-electron chi connectivity index (χ1n) is 8.85. The Morgan fingerprint density at radius 3 is 2.04 bits per heavy atom. The Bertz CT molecular complexity index is 889. The summed E-state index contributed by atoms with van der Waals surface area (Å²) in [7, 11) is -3.57. The molecule has 1 amide bonds. The van der Waals surface area contributed by atoms with Crippen molar-refractivity contribution in [2.45, 2.75) is 38.0 Å². The summed E-state index contributed by atoms with van der Waals surface area (Å²) in [5.41, 5.74) is 1.46. The fraction of sp³-hybridized carbons (Fsp3) is 0.300. The standard InChI is InChI=1S/C20H24N2O4S/c1-3-4-5-14-21-27(25,26)19-12-8-17(9-13-19)20(24)22-18-10-6-16(7-11-18)15(2)23/h6-13,21H,3-5,14H2,1-2H3,(H,22,24). The van der Waals surface area contributed by atoms with Crippen molar-refractivity contribution in [3.05, 3.63) is 59.7 Å². The van der Waals surface area contributed by atoms with Crippen LogP contribution in [0.3, 0.4) is 0 Å². The van der Waals surface area contributed by atoms with E-state index in [-0.39, 0.29) is 16.6 Å². The summed E-state index contributed by atoms with van der Waals surface area (Å²) in [5, 5.41) is 2.72. The summed E-state index contributed by atoms with van der Waals surface area (Å²) >= 11 is 0. The summed E-state index contributed by atoms with van der Waals surface area (Å²) in [4.78, 5) is 23.7. The molecule has 0 aliphatic heterocycles. The number of hydrogen-bond donors (Lipinski definition) is 2. The van der Waals surface area contributed by atoms with Gasteiger partial charge in [-0.1, -0.05) is 19.8 Å². The second kappa shape index (κ2) is 9.43. The van der Waals surface area contributed by atoms with E-state index in [1.165, 1.54) is 31.2 Å². The molecule has 7 heteroatoms. The number of anilines is 1. The lowest BCUT2D eigenvalue weighted by molar-refractivity contribution is 0.101. The van der Waals surface area contributed by atoms with Crippen molar-refractivity contribution in [2.24, 2.45) is 0 Å². The first kappa shape index (κ1) is 20.8. The summed E-state index contributed by atoms with van der Waals surface area (Å²) in [6.07, 6.45) is 2.77. The molecule has 2 N–H and O–H groups in total. The summed E-state index contributed by atoms with van der Waals surface area (Å²) in [6, 6.07) is 12.3. The number of carbonyl (C=O) groups excluding carboxylic acids is 2. The Kier molecular flexibility index (Phi) is 7.27. The topological polar surface area (TPSA) is 92.3 Å². The number of nitrogens with one attached hydrogen (secondary N) is 2. The number of sulfonamides is 1. The van der Waals surface area contributed by atoms with Crippen molar-refractivity contribution in [3.63, 3.8) is 0 Å². The third-order valence-electron chi connectivity index (χ3n) is 4.05. The molecule has 0 fully saturated rings. The fourth-order valence-corrected chi connectivity index (χ4v) is 3.52. The van der Waals surface area contributed by atoms with Gasteiger partial charge in [-0.15, -0.1) is 0 Å². The second-order valence-electron chi connectivity index (χ2n) is 6.22. The SMILES string of the molecule is CCCCCNS(=O)(=O)c1ccc(C(=O)Nc2ccc(C(C)=O)cc2)cc1. The minimum absolute atomic E-state index is 0.0482. The van der Waals surface area contributed by atoms with Gasteiger partial charge in [0.2, 0.25) is 10.0 Å². The monoisotopic (exact) mass is 388 g/mol. The lowest BCUT2D eigenvalue weighted by Crippen LogP contribution is -2.24. The fourth-order valence-electron chi connectivity index (χ4n) is 2.44. The van der Waals surface area contributed by atoms with Gasteiger partial charge in [-0.05, 0) is 61.9 Å². The zero-order chi connectivity index (χ0) is 19.9. The van der Waals surface area contributed by atoms with E-state index >= 15 is 0 Å². The molecule has 2 aromatic carbocycles. The molecule has 0 saturated carbocycles. The molecular formula is C20H24N2O4S. The maximum absolute atomic E-state index is 12.3. The number of amides is 1. The van der Waals surface area contributed by atoms with Gasteiger partial charge in [-0.3, -0.25) is 9.59 Å². The van der Waals surface area contributed by atoms with Crippen molar-refractivity contribution >= 4 is 27.4 Å². The Morgan fingerprint density at radius 2 is 1.48 bits per heavy atom. The van der Waals surface area contributed by atoms with Gasteiger partial charge in [0.1, 0.15) is 0 Å². The lowest BCUT2D eigenvalue weighted by atomic mass is 10.1. The summed E-state index contributed by atoms with van der Waals surface area (Å²) < 4.78 is 27.0. The number of carbonyl (C=O) groups is 2. The third-order valence-corrected chi connectivity index (χ3v) is 5.53. The number of hydrogen-bond acceptors (Lipinski definition) is 4. The van der Waals surface area contributed by atoms with Gasteiger partial charge in [0, 0.05) is 23.4 Å². The number of Topliss-reactive ketones (excluding diaryl/α,β-unsaturated/α-hetero) is 1. The highest BCUT2D eigenvalue weighted by Gasteiger charge is 2.14. The van der Waals surface area contributed by atoms with E-state index in [0.717, 1.165) is 19.3 Å². The number of unbranched alkanes of at least 4 members (excludes halogenated alkanes) is 2. The Balaban J connectivity index is 2.01. The van der Waals surface area contributed by atoms with Gasteiger partial charge in [0.25, 0.3) is 5.91 Å². The zero-order valence-electron chi connectivity index (χ0n) is 15.5. The molecule has 0 bridgehead atoms. The van der Waals surface area contributed by atoms with Crippen LogP contribution in [0.15, 0.2) is 53.4 Å². The van der Waals surface area contributed by atoms with E-state index in [2.05, 4.69) is 17.0 Å². The van der Waals surface area contributed by atoms with Gasteiger partial charge < -0.3 is 5.32 Å². The number of benzene rings is 2. The highest BCUT2D eigenvalue weighted by Crippen LogP contribution is 2.14. The first-order chi connectivity index (χ1) is 12.8. The second-order valence-corrected chi connectivity index (χ2v) is 7.98. The molecule has 27 heavy (non-hydrogen) atoms. The molecule has 144 valence electrons. The molecule has 0 unspecified atom stereocenters. The van der Waals surface area contributed by atoms with E-state index < -0.39 is 10.0 Å². The predicted octanol–water partition coefficient (Wildman–Crippen LogP) is 3.61. The zero-order valence-corrected chi connectivity index (χ0v) is 16.3. The summed E-state index contributed by atoms with van der Waals surface area (Å²) in [5.74, 6) is -0.404. The van der Waals surface area contributed by atoms with Crippen LogP contribution in [0.1, 0.15) is 53.8 Å². The molecular weight excluding hydrogens is 364 g/mol. The third kappa shape index (κ3) is 6.01. The van der Waals surface area contributed by atoms with E-state index in [9.17, 15) is 18.0 Å².